The molecule has 2 N–H and O–H groups in total. The second-order valence-electron chi connectivity index (χ2n) is 5.18. The van der Waals surface area contributed by atoms with Gasteiger partial charge in [-0.25, -0.2) is 8.42 Å². The van der Waals surface area contributed by atoms with E-state index in [0.29, 0.717) is 38.1 Å². The number of sulfonamides is 1. The molecular formula is C13H24N2O5S2. The third kappa shape index (κ3) is 6.13. The van der Waals surface area contributed by atoms with Crippen LogP contribution in [0.2, 0.25) is 0 Å². The molecule has 1 aliphatic rings. The molecular weight excluding hydrogens is 328 g/mol. The van der Waals surface area contributed by atoms with Crippen molar-refractivity contribution < 1.29 is 23.1 Å². The zero-order valence-electron chi connectivity index (χ0n) is 12.8. The average Bonchev–Trinajstić information content (AvgIpc) is 2.94. The number of unbranched alkanes of at least 4 members (excludes halogenated alkanes) is 1. The Labute approximate surface area is 135 Å². The highest BCUT2D eigenvalue weighted by Crippen LogP contribution is 2.22. The van der Waals surface area contributed by atoms with Crippen LogP contribution in [0.5, 0.6) is 0 Å². The molecule has 0 aromatic heterocycles. The first kappa shape index (κ1) is 19.2. The van der Waals surface area contributed by atoms with Crippen molar-refractivity contribution in [3.05, 3.63) is 0 Å². The third-order valence-electron chi connectivity index (χ3n) is 3.39. The molecule has 1 rings (SSSR count). The van der Waals surface area contributed by atoms with E-state index in [1.807, 2.05) is 6.92 Å². The van der Waals surface area contributed by atoms with Crippen LogP contribution in [0.4, 0.5) is 0 Å². The molecule has 0 bridgehead atoms. The Balaban J connectivity index is 2.45. The number of carbonyl (C=O) groups is 2. The fourth-order valence-corrected chi connectivity index (χ4v) is 4.75. The highest BCUT2D eigenvalue weighted by Gasteiger charge is 2.37. The maximum Gasteiger partial charge on any atom is 0.313 e. The van der Waals surface area contributed by atoms with Gasteiger partial charge in [0.1, 0.15) is 6.04 Å². The molecule has 0 aromatic carbocycles. The van der Waals surface area contributed by atoms with E-state index in [9.17, 15) is 18.0 Å². The van der Waals surface area contributed by atoms with Gasteiger partial charge >= 0.3 is 5.97 Å². The molecule has 1 amide bonds. The standard InChI is InChI=1S/C13H24N2O5S2/c1-2-3-9-22(19,20)15-7-4-5-11(15)13(18)14-6-8-21-10-12(16)17/h11H,2-10H2,1H3,(H,14,18)(H,16,17). The number of carboxylic acid groups (broad SMARTS) is 1. The third-order valence-corrected chi connectivity index (χ3v) is 6.29. The summed E-state index contributed by atoms with van der Waals surface area (Å²) in [6.07, 6.45) is 2.63. The van der Waals surface area contributed by atoms with Crippen LogP contribution in [0.15, 0.2) is 0 Å². The van der Waals surface area contributed by atoms with Crippen LogP contribution in [-0.2, 0) is 19.6 Å². The normalized spacial score (nSPS) is 19.2. The Morgan fingerprint density at radius 3 is 2.77 bits per heavy atom. The fourth-order valence-electron chi connectivity index (χ4n) is 2.30. The Bertz CT molecular complexity index is 481. The molecule has 22 heavy (non-hydrogen) atoms. The van der Waals surface area contributed by atoms with Crippen molar-refractivity contribution in [3.8, 4) is 0 Å². The molecule has 0 saturated carbocycles. The van der Waals surface area contributed by atoms with Crippen LogP contribution >= 0.6 is 11.8 Å². The average molecular weight is 352 g/mol. The van der Waals surface area contributed by atoms with Gasteiger partial charge in [0.2, 0.25) is 15.9 Å². The molecule has 7 nitrogen and oxygen atoms in total. The number of rotatable bonds is 10. The first-order valence-electron chi connectivity index (χ1n) is 7.45. The van der Waals surface area contributed by atoms with E-state index in [0.717, 1.165) is 6.42 Å². The minimum absolute atomic E-state index is 0.00315. The molecule has 1 unspecified atom stereocenters. The van der Waals surface area contributed by atoms with Crippen LogP contribution in [-0.4, -0.2) is 66.1 Å². The van der Waals surface area contributed by atoms with Crippen LogP contribution in [0, 0.1) is 0 Å². The summed E-state index contributed by atoms with van der Waals surface area (Å²) in [5.41, 5.74) is 0. The van der Waals surface area contributed by atoms with Gasteiger partial charge in [0.05, 0.1) is 11.5 Å². The van der Waals surface area contributed by atoms with E-state index in [1.54, 1.807) is 0 Å². The molecule has 9 heteroatoms. The van der Waals surface area contributed by atoms with Gasteiger partial charge in [-0.1, -0.05) is 13.3 Å². The van der Waals surface area contributed by atoms with Crippen LogP contribution in [0.3, 0.4) is 0 Å². The molecule has 1 fully saturated rings. The lowest BCUT2D eigenvalue weighted by Gasteiger charge is -2.23. The Kier molecular flexibility index (Phi) is 8.19. The predicted octanol–water partition coefficient (Wildman–Crippen LogP) is 0.515. The first-order chi connectivity index (χ1) is 10.4. The van der Waals surface area contributed by atoms with Crippen LogP contribution in [0.25, 0.3) is 0 Å². The van der Waals surface area contributed by atoms with Gasteiger partial charge in [-0.3, -0.25) is 9.59 Å². The molecule has 1 aliphatic heterocycles. The fraction of sp³-hybridized carbons (Fsp3) is 0.846. The van der Waals surface area contributed by atoms with Crippen LogP contribution in [0.1, 0.15) is 32.6 Å². The summed E-state index contributed by atoms with van der Waals surface area (Å²) >= 11 is 1.22. The topological polar surface area (TPSA) is 104 Å². The quantitative estimate of drug-likeness (QED) is 0.555. The number of aliphatic carboxylic acids is 1. The minimum atomic E-state index is -3.37. The number of carbonyl (C=O) groups excluding carboxylic acids is 1. The van der Waals surface area contributed by atoms with Crippen molar-refractivity contribution in [2.45, 2.75) is 38.6 Å². The summed E-state index contributed by atoms with van der Waals surface area (Å²) in [5.74, 6) is -0.597. The highest BCUT2D eigenvalue weighted by atomic mass is 32.2. The van der Waals surface area contributed by atoms with Gasteiger partial charge in [-0.2, -0.15) is 4.31 Å². The van der Waals surface area contributed by atoms with E-state index in [1.165, 1.54) is 16.1 Å². The second kappa shape index (κ2) is 9.36. The molecule has 0 radical (unpaired) electrons. The van der Waals surface area contributed by atoms with Crippen molar-refractivity contribution in [3.63, 3.8) is 0 Å². The first-order valence-corrected chi connectivity index (χ1v) is 10.2. The maximum atomic E-state index is 12.2. The number of amides is 1. The van der Waals surface area contributed by atoms with Crippen molar-refractivity contribution >= 4 is 33.7 Å². The summed E-state index contributed by atoms with van der Waals surface area (Å²) in [7, 11) is -3.37. The number of hydrogen-bond donors (Lipinski definition) is 2. The molecule has 0 aliphatic carbocycles. The van der Waals surface area contributed by atoms with Crippen LogP contribution < -0.4 is 5.32 Å². The van der Waals surface area contributed by atoms with Gasteiger partial charge in [0.15, 0.2) is 0 Å². The number of nitrogens with zero attached hydrogens (tertiary/aromatic N) is 1. The van der Waals surface area contributed by atoms with E-state index < -0.39 is 22.0 Å². The highest BCUT2D eigenvalue weighted by molar-refractivity contribution is 7.99. The lowest BCUT2D eigenvalue weighted by atomic mass is 10.2. The Morgan fingerprint density at radius 2 is 2.14 bits per heavy atom. The molecule has 1 atom stereocenters. The van der Waals surface area contributed by atoms with E-state index in [2.05, 4.69) is 5.32 Å². The largest absolute Gasteiger partial charge is 0.481 e. The molecule has 1 heterocycles. The summed E-state index contributed by atoms with van der Waals surface area (Å²) in [5, 5.41) is 11.2. The van der Waals surface area contributed by atoms with Gasteiger partial charge in [-0.05, 0) is 19.3 Å². The van der Waals surface area contributed by atoms with Gasteiger partial charge in [-0.15, -0.1) is 11.8 Å². The van der Waals surface area contributed by atoms with Crippen molar-refractivity contribution in [2.75, 3.05) is 30.3 Å². The summed E-state index contributed by atoms with van der Waals surface area (Å²) in [6, 6.07) is -0.619. The number of nitrogens with one attached hydrogen (secondary N) is 1. The number of carboxylic acids is 1. The van der Waals surface area contributed by atoms with Gasteiger partial charge in [0, 0.05) is 18.8 Å². The Morgan fingerprint density at radius 1 is 1.41 bits per heavy atom. The van der Waals surface area contributed by atoms with Gasteiger partial charge < -0.3 is 10.4 Å². The minimum Gasteiger partial charge on any atom is -0.481 e. The van der Waals surface area contributed by atoms with Gasteiger partial charge in [0.25, 0.3) is 0 Å². The maximum absolute atomic E-state index is 12.2. The molecule has 0 spiro atoms. The molecule has 1 saturated heterocycles. The summed E-state index contributed by atoms with van der Waals surface area (Å²) in [4.78, 5) is 22.5. The smallest absolute Gasteiger partial charge is 0.313 e. The lowest BCUT2D eigenvalue weighted by Crippen LogP contribution is -2.47. The van der Waals surface area contributed by atoms with Crippen molar-refractivity contribution in [1.29, 1.82) is 0 Å². The Hall–Kier alpha value is -0.800. The predicted molar refractivity (Wildman–Crippen MR) is 86.4 cm³/mol. The van der Waals surface area contributed by atoms with E-state index >= 15 is 0 Å². The SMILES string of the molecule is CCCCS(=O)(=O)N1CCCC1C(=O)NCCSCC(=O)O. The summed E-state index contributed by atoms with van der Waals surface area (Å²) < 4.78 is 25.8. The van der Waals surface area contributed by atoms with Crippen molar-refractivity contribution in [1.82, 2.24) is 9.62 Å². The number of hydrogen-bond acceptors (Lipinski definition) is 5. The number of thioether (sulfide) groups is 1. The summed E-state index contributed by atoms with van der Waals surface area (Å²) in [6.45, 7) is 2.67. The molecule has 128 valence electrons. The van der Waals surface area contributed by atoms with E-state index in [-0.39, 0.29) is 17.4 Å². The monoisotopic (exact) mass is 352 g/mol. The second-order valence-corrected chi connectivity index (χ2v) is 8.32. The zero-order valence-corrected chi connectivity index (χ0v) is 14.4. The molecule has 0 aromatic rings. The lowest BCUT2D eigenvalue weighted by molar-refractivity contribution is -0.133. The van der Waals surface area contributed by atoms with Crippen molar-refractivity contribution in [2.24, 2.45) is 0 Å². The zero-order chi connectivity index (χ0) is 16.6. The van der Waals surface area contributed by atoms with E-state index in [4.69, 9.17) is 5.11 Å².